The van der Waals surface area contributed by atoms with E-state index in [2.05, 4.69) is 20.9 Å². The van der Waals surface area contributed by atoms with Crippen molar-refractivity contribution in [2.75, 3.05) is 11.9 Å². The highest BCUT2D eigenvalue weighted by molar-refractivity contribution is 9.10. The molecule has 0 aliphatic carbocycles. The van der Waals surface area contributed by atoms with Gasteiger partial charge < -0.3 is 4.42 Å². The van der Waals surface area contributed by atoms with Gasteiger partial charge in [-0.15, -0.1) is 0 Å². The van der Waals surface area contributed by atoms with Crippen LogP contribution in [0.3, 0.4) is 0 Å². The molecule has 0 aromatic carbocycles. The number of nitrogens with zero attached hydrogens (tertiary/aromatic N) is 2. The predicted molar refractivity (Wildman–Crippen MR) is 63.4 cm³/mol. The van der Waals surface area contributed by atoms with Gasteiger partial charge in [0, 0.05) is 13.2 Å². The van der Waals surface area contributed by atoms with Crippen molar-refractivity contribution in [3.63, 3.8) is 0 Å². The molecule has 2 aromatic heterocycles. The van der Waals surface area contributed by atoms with Crippen molar-refractivity contribution in [3.05, 3.63) is 47.0 Å². The fourth-order valence-electron chi connectivity index (χ4n) is 1.29. The molecule has 0 radical (unpaired) electrons. The van der Waals surface area contributed by atoms with Crippen molar-refractivity contribution < 1.29 is 9.21 Å². The van der Waals surface area contributed by atoms with E-state index in [0.29, 0.717) is 11.6 Å². The van der Waals surface area contributed by atoms with Crippen molar-refractivity contribution in [2.24, 2.45) is 0 Å². The van der Waals surface area contributed by atoms with Gasteiger partial charge in [-0.25, -0.2) is 4.98 Å². The van der Waals surface area contributed by atoms with Gasteiger partial charge in [0.15, 0.2) is 5.76 Å². The van der Waals surface area contributed by atoms with Crippen molar-refractivity contribution >= 4 is 27.7 Å². The lowest BCUT2D eigenvalue weighted by molar-refractivity contribution is 0.0965. The Labute approximate surface area is 101 Å². The minimum atomic E-state index is -0.232. The third kappa shape index (κ3) is 1.99. The SMILES string of the molecule is CN(C(=O)c1ccco1)c1ncccc1Br. The van der Waals surface area contributed by atoms with E-state index in [1.165, 1.54) is 11.2 Å². The molecule has 1 amide bonds. The molecule has 0 bridgehead atoms. The first-order valence-electron chi connectivity index (χ1n) is 4.62. The number of aromatic nitrogens is 1. The summed E-state index contributed by atoms with van der Waals surface area (Å²) in [5.41, 5.74) is 0. The van der Waals surface area contributed by atoms with Gasteiger partial charge in [-0.05, 0) is 40.2 Å². The third-order valence-corrected chi connectivity index (χ3v) is 2.71. The molecular formula is C11H9BrN2O2. The lowest BCUT2D eigenvalue weighted by atomic mass is 10.3. The van der Waals surface area contributed by atoms with Gasteiger partial charge in [0.1, 0.15) is 5.82 Å². The van der Waals surface area contributed by atoms with E-state index in [1.807, 2.05) is 6.07 Å². The molecule has 0 saturated carbocycles. The number of hydrogen-bond acceptors (Lipinski definition) is 3. The molecule has 0 N–H and O–H groups in total. The lowest BCUT2D eigenvalue weighted by Gasteiger charge is -2.15. The first kappa shape index (κ1) is 10.9. The summed E-state index contributed by atoms with van der Waals surface area (Å²) in [6.45, 7) is 0. The molecule has 4 nitrogen and oxygen atoms in total. The van der Waals surface area contributed by atoms with Crippen LogP contribution < -0.4 is 4.90 Å². The first-order chi connectivity index (χ1) is 7.70. The molecule has 5 heteroatoms. The quantitative estimate of drug-likeness (QED) is 0.850. The van der Waals surface area contributed by atoms with Crippen LogP contribution in [0.25, 0.3) is 0 Å². The van der Waals surface area contributed by atoms with Gasteiger partial charge in [-0.2, -0.15) is 0 Å². The molecule has 2 heterocycles. The summed E-state index contributed by atoms with van der Waals surface area (Å²) in [5.74, 6) is 0.619. The Morgan fingerprint density at radius 1 is 1.44 bits per heavy atom. The number of rotatable bonds is 2. The molecule has 0 atom stereocenters. The number of carbonyl (C=O) groups is 1. The summed E-state index contributed by atoms with van der Waals surface area (Å²) < 4.78 is 5.80. The highest BCUT2D eigenvalue weighted by Gasteiger charge is 2.18. The van der Waals surface area contributed by atoms with Crippen LogP contribution in [0.15, 0.2) is 45.6 Å². The van der Waals surface area contributed by atoms with Crippen LogP contribution in [0.5, 0.6) is 0 Å². The van der Waals surface area contributed by atoms with E-state index < -0.39 is 0 Å². The number of amides is 1. The number of halogens is 1. The average Bonchev–Trinajstić information content (AvgIpc) is 2.81. The maximum Gasteiger partial charge on any atom is 0.294 e. The van der Waals surface area contributed by atoms with Gasteiger partial charge in [0.25, 0.3) is 5.91 Å². The van der Waals surface area contributed by atoms with Crippen molar-refractivity contribution in [2.45, 2.75) is 0 Å². The average molecular weight is 281 g/mol. The van der Waals surface area contributed by atoms with Gasteiger partial charge >= 0.3 is 0 Å². The second-order valence-corrected chi connectivity index (χ2v) is 4.00. The molecule has 2 aromatic rings. The van der Waals surface area contributed by atoms with Crippen LogP contribution in [-0.2, 0) is 0 Å². The van der Waals surface area contributed by atoms with E-state index in [-0.39, 0.29) is 5.91 Å². The smallest absolute Gasteiger partial charge is 0.294 e. The largest absolute Gasteiger partial charge is 0.459 e. The van der Waals surface area contributed by atoms with E-state index in [0.717, 1.165) is 4.47 Å². The summed E-state index contributed by atoms with van der Waals surface area (Å²) in [5, 5.41) is 0. The summed E-state index contributed by atoms with van der Waals surface area (Å²) in [7, 11) is 1.65. The summed E-state index contributed by atoms with van der Waals surface area (Å²) in [6.07, 6.45) is 3.10. The van der Waals surface area contributed by atoms with E-state index in [1.54, 1.807) is 31.4 Å². The molecule has 0 spiro atoms. The lowest BCUT2D eigenvalue weighted by Crippen LogP contribution is -2.26. The van der Waals surface area contributed by atoms with Crippen LogP contribution in [0.4, 0.5) is 5.82 Å². The minimum Gasteiger partial charge on any atom is -0.459 e. The maximum absolute atomic E-state index is 11.9. The molecule has 82 valence electrons. The van der Waals surface area contributed by atoms with E-state index >= 15 is 0 Å². The minimum absolute atomic E-state index is 0.232. The number of hydrogen-bond donors (Lipinski definition) is 0. The standard InChI is InChI=1S/C11H9BrN2O2/c1-14(10-8(12)4-2-6-13-10)11(15)9-5-3-7-16-9/h2-7H,1H3. The molecule has 2 rings (SSSR count). The highest BCUT2D eigenvalue weighted by Crippen LogP contribution is 2.23. The third-order valence-electron chi connectivity index (χ3n) is 2.09. The maximum atomic E-state index is 11.9. The van der Waals surface area contributed by atoms with Crippen LogP contribution in [-0.4, -0.2) is 17.9 Å². The number of pyridine rings is 1. The van der Waals surface area contributed by atoms with E-state index in [9.17, 15) is 4.79 Å². The molecule has 16 heavy (non-hydrogen) atoms. The molecule has 0 aliphatic rings. The Balaban J connectivity index is 2.30. The Morgan fingerprint density at radius 3 is 2.88 bits per heavy atom. The normalized spacial score (nSPS) is 10.1. The monoisotopic (exact) mass is 280 g/mol. The predicted octanol–water partition coefficient (Wildman–Crippen LogP) is 2.71. The summed E-state index contributed by atoms with van der Waals surface area (Å²) in [6, 6.07) is 6.91. The molecule has 0 fully saturated rings. The van der Waals surface area contributed by atoms with E-state index in [4.69, 9.17) is 4.42 Å². The van der Waals surface area contributed by atoms with Gasteiger partial charge in [-0.3, -0.25) is 9.69 Å². The van der Waals surface area contributed by atoms with Crippen molar-refractivity contribution in [1.29, 1.82) is 0 Å². The van der Waals surface area contributed by atoms with Crippen molar-refractivity contribution in [3.8, 4) is 0 Å². The molecule has 0 aliphatic heterocycles. The number of anilines is 1. The Hall–Kier alpha value is -1.62. The fraction of sp³-hybridized carbons (Fsp3) is 0.0909. The van der Waals surface area contributed by atoms with Gasteiger partial charge in [-0.1, -0.05) is 0 Å². The van der Waals surface area contributed by atoms with Crippen molar-refractivity contribution in [1.82, 2.24) is 4.98 Å². The topological polar surface area (TPSA) is 46.3 Å². The zero-order valence-electron chi connectivity index (χ0n) is 8.55. The fourth-order valence-corrected chi connectivity index (χ4v) is 1.81. The van der Waals surface area contributed by atoms with Crippen LogP contribution in [0.1, 0.15) is 10.6 Å². The summed E-state index contributed by atoms with van der Waals surface area (Å²) >= 11 is 3.34. The van der Waals surface area contributed by atoms with Crippen LogP contribution >= 0.6 is 15.9 Å². The van der Waals surface area contributed by atoms with Crippen LogP contribution in [0.2, 0.25) is 0 Å². The second-order valence-electron chi connectivity index (χ2n) is 3.15. The first-order valence-corrected chi connectivity index (χ1v) is 5.41. The highest BCUT2D eigenvalue weighted by atomic mass is 79.9. The van der Waals surface area contributed by atoms with Gasteiger partial charge in [0.05, 0.1) is 10.7 Å². The Bertz CT molecular complexity index is 496. The summed E-state index contributed by atoms with van der Waals surface area (Å²) in [4.78, 5) is 17.5. The zero-order chi connectivity index (χ0) is 11.5. The van der Waals surface area contributed by atoms with Gasteiger partial charge in [0.2, 0.25) is 0 Å². The number of carbonyl (C=O) groups excluding carboxylic acids is 1. The Kier molecular flexibility index (Phi) is 3.05. The molecule has 0 saturated heterocycles. The molecule has 0 unspecified atom stereocenters. The zero-order valence-corrected chi connectivity index (χ0v) is 10.1. The molecular weight excluding hydrogens is 272 g/mol. The number of furan rings is 1. The Morgan fingerprint density at radius 2 is 2.25 bits per heavy atom. The van der Waals surface area contributed by atoms with Crippen LogP contribution in [0, 0.1) is 0 Å². The second kappa shape index (κ2) is 4.49.